The van der Waals surface area contributed by atoms with Crippen LogP contribution < -0.4 is 4.90 Å². The van der Waals surface area contributed by atoms with E-state index >= 15 is 0 Å². The highest BCUT2D eigenvalue weighted by atomic mass is 16.4. The van der Waals surface area contributed by atoms with E-state index < -0.39 is 5.97 Å². The van der Waals surface area contributed by atoms with Crippen molar-refractivity contribution in [2.75, 3.05) is 11.4 Å². The molecule has 0 aliphatic rings. The van der Waals surface area contributed by atoms with Crippen molar-refractivity contribution in [1.29, 1.82) is 5.26 Å². The summed E-state index contributed by atoms with van der Waals surface area (Å²) >= 11 is 0. The van der Waals surface area contributed by atoms with E-state index in [9.17, 15) is 10.1 Å². The van der Waals surface area contributed by atoms with E-state index in [0.29, 0.717) is 17.9 Å². The fraction of sp³-hybridized carbons (Fsp3) is 0.500. The Kier molecular flexibility index (Phi) is 4.87. The second-order valence-electron chi connectivity index (χ2n) is 4.82. The summed E-state index contributed by atoms with van der Waals surface area (Å²) in [6.07, 6.45) is 0.0255. The van der Waals surface area contributed by atoms with Crippen molar-refractivity contribution in [3.63, 3.8) is 0 Å². The first kappa shape index (κ1) is 15.0. The first-order valence-electron chi connectivity index (χ1n) is 6.23. The van der Waals surface area contributed by atoms with Gasteiger partial charge in [-0.2, -0.15) is 5.26 Å². The Bertz CT molecular complexity index is 518. The van der Waals surface area contributed by atoms with Gasteiger partial charge in [-0.15, -0.1) is 0 Å². The number of carbonyl (C=O) groups is 1. The fourth-order valence-corrected chi connectivity index (χ4v) is 1.99. The molecule has 19 heavy (non-hydrogen) atoms. The van der Waals surface area contributed by atoms with E-state index in [4.69, 9.17) is 5.11 Å². The average Bonchev–Trinajstić information content (AvgIpc) is 2.27. The van der Waals surface area contributed by atoms with E-state index in [1.165, 1.54) is 0 Å². The van der Waals surface area contributed by atoms with Gasteiger partial charge in [-0.3, -0.25) is 4.79 Å². The van der Waals surface area contributed by atoms with E-state index in [2.05, 4.69) is 11.1 Å². The molecule has 0 spiro atoms. The number of rotatable bonds is 5. The largest absolute Gasteiger partial charge is 0.481 e. The van der Waals surface area contributed by atoms with E-state index in [-0.39, 0.29) is 12.5 Å². The van der Waals surface area contributed by atoms with E-state index in [1.54, 1.807) is 0 Å². The van der Waals surface area contributed by atoms with Gasteiger partial charge >= 0.3 is 5.97 Å². The van der Waals surface area contributed by atoms with Gasteiger partial charge in [-0.1, -0.05) is 0 Å². The first-order valence-corrected chi connectivity index (χ1v) is 6.23. The molecule has 5 nitrogen and oxygen atoms in total. The minimum Gasteiger partial charge on any atom is -0.481 e. The zero-order valence-corrected chi connectivity index (χ0v) is 11.8. The lowest BCUT2D eigenvalue weighted by molar-refractivity contribution is -0.136. The van der Waals surface area contributed by atoms with E-state index in [1.807, 2.05) is 38.7 Å². The van der Waals surface area contributed by atoms with Crippen LogP contribution in [0.15, 0.2) is 6.07 Å². The van der Waals surface area contributed by atoms with Crippen LogP contribution >= 0.6 is 0 Å². The van der Waals surface area contributed by atoms with Gasteiger partial charge in [0.15, 0.2) is 0 Å². The number of hydrogen-bond donors (Lipinski definition) is 1. The minimum absolute atomic E-state index is 0.0255. The number of aryl methyl sites for hydroxylation is 2. The number of hydrogen-bond acceptors (Lipinski definition) is 4. The van der Waals surface area contributed by atoms with Crippen molar-refractivity contribution < 1.29 is 9.90 Å². The predicted molar refractivity (Wildman–Crippen MR) is 73.2 cm³/mol. The molecule has 0 unspecified atom stereocenters. The Balaban J connectivity index is 3.22. The van der Waals surface area contributed by atoms with Gasteiger partial charge in [-0.05, 0) is 39.3 Å². The maximum atomic E-state index is 10.7. The zero-order valence-electron chi connectivity index (χ0n) is 11.8. The van der Waals surface area contributed by atoms with E-state index in [0.717, 1.165) is 11.3 Å². The molecule has 1 rings (SSSR count). The molecule has 0 saturated heterocycles. The quantitative estimate of drug-likeness (QED) is 0.879. The topological polar surface area (TPSA) is 77.2 Å². The number of aliphatic carboxylic acids is 1. The van der Waals surface area contributed by atoms with Crippen LogP contribution in [0.1, 0.15) is 37.1 Å². The maximum absolute atomic E-state index is 10.7. The molecule has 0 bridgehead atoms. The summed E-state index contributed by atoms with van der Waals surface area (Å²) in [6, 6.07) is 4.10. The summed E-state index contributed by atoms with van der Waals surface area (Å²) in [5, 5.41) is 18.1. The zero-order chi connectivity index (χ0) is 14.6. The highest BCUT2D eigenvalue weighted by Gasteiger charge is 2.19. The maximum Gasteiger partial charge on any atom is 0.305 e. The molecular formula is C14H19N3O2. The van der Waals surface area contributed by atoms with Crippen LogP contribution in [0.3, 0.4) is 0 Å². The lowest BCUT2D eigenvalue weighted by Gasteiger charge is -2.28. The minimum atomic E-state index is -0.853. The molecule has 1 heterocycles. The number of aromatic nitrogens is 1. The summed E-state index contributed by atoms with van der Waals surface area (Å²) in [7, 11) is 0. The summed E-state index contributed by atoms with van der Waals surface area (Å²) in [5.41, 5.74) is 2.21. The Morgan fingerprint density at radius 1 is 1.53 bits per heavy atom. The Labute approximate surface area is 113 Å². The lowest BCUT2D eigenvalue weighted by Crippen LogP contribution is -2.34. The third-order valence-corrected chi connectivity index (χ3v) is 2.90. The van der Waals surface area contributed by atoms with Crippen molar-refractivity contribution in [1.82, 2.24) is 4.98 Å². The average molecular weight is 261 g/mol. The highest BCUT2D eigenvalue weighted by Crippen LogP contribution is 2.23. The fourth-order valence-electron chi connectivity index (χ4n) is 1.99. The number of nitrogens with zero attached hydrogens (tertiary/aromatic N) is 3. The Morgan fingerprint density at radius 2 is 2.16 bits per heavy atom. The van der Waals surface area contributed by atoms with Gasteiger partial charge in [0.2, 0.25) is 0 Å². The second-order valence-corrected chi connectivity index (χ2v) is 4.82. The van der Waals surface area contributed by atoms with Crippen LogP contribution in [0.5, 0.6) is 0 Å². The third kappa shape index (κ3) is 3.68. The number of carboxylic acid groups (broad SMARTS) is 1. The number of anilines is 1. The van der Waals surface area contributed by atoms with Crippen LogP contribution in [0.25, 0.3) is 0 Å². The molecule has 0 fully saturated rings. The lowest BCUT2D eigenvalue weighted by atomic mass is 10.1. The van der Waals surface area contributed by atoms with Crippen molar-refractivity contribution in [2.45, 2.75) is 40.2 Å². The van der Waals surface area contributed by atoms with Gasteiger partial charge in [0, 0.05) is 18.3 Å². The summed E-state index contributed by atoms with van der Waals surface area (Å²) in [6.45, 7) is 8.00. The molecule has 0 aliphatic heterocycles. The first-order chi connectivity index (χ1) is 8.86. The molecule has 1 aromatic rings. The number of carboxylic acids is 1. The normalized spacial score (nSPS) is 10.3. The van der Waals surface area contributed by atoms with Crippen LogP contribution in [0.2, 0.25) is 0 Å². The molecule has 5 heteroatoms. The van der Waals surface area contributed by atoms with Gasteiger partial charge < -0.3 is 10.0 Å². The van der Waals surface area contributed by atoms with Crippen molar-refractivity contribution in [3.8, 4) is 6.07 Å². The Hall–Kier alpha value is -2.09. The summed E-state index contributed by atoms with van der Waals surface area (Å²) in [4.78, 5) is 17.0. The molecular weight excluding hydrogens is 242 g/mol. The molecule has 0 aliphatic carbocycles. The van der Waals surface area contributed by atoms with Crippen LogP contribution in [0.4, 0.5) is 5.82 Å². The standard InChI is InChI=1S/C14H19N3O2/c1-9(2)17(6-5-13(18)19)14-12(8-15)10(3)7-11(4)16-14/h7,9H,5-6H2,1-4H3,(H,18,19). The summed E-state index contributed by atoms with van der Waals surface area (Å²) in [5.74, 6) is -0.273. The molecule has 102 valence electrons. The Morgan fingerprint density at radius 3 is 2.63 bits per heavy atom. The molecule has 0 saturated carbocycles. The van der Waals surface area contributed by atoms with Gasteiger partial charge in [0.1, 0.15) is 11.9 Å². The molecule has 1 aromatic heterocycles. The predicted octanol–water partition coefficient (Wildman–Crippen LogP) is 2.26. The van der Waals surface area contributed by atoms with Crippen molar-refractivity contribution >= 4 is 11.8 Å². The summed E-state index contributed by atoms with van der Waals surface area (Å²) < 4.78 is 0. The molecule has 0 radical (unpaired) electrons. The van der Waals surface area contributed by atoms with Crippen LogP contribution in [0, 0.1) is 25.2 Å². The van der Waals surface area contributed by atoms with Crippen LogP contribution in [-0.2, 0) is 4.79 Å². The molecule has 0 amide bonds. The van der Waals surface area contributed by atoms with Gasteiger partial charge in [0.25, 0.3) is 0 Å². The smallest absolute Gasteiger partial charge is 0.305 e. The third-order valence-electron chi connectivity index (χ3n) is 2.90. The van der Waals surface area contributed by atoms with Crippen LogP contribution in [-0.4, -0.2) is 28.6 Å². The number of pyridine rings is 1. The molecule has 1 N–H and O–H groups in total. The number of nitriles is 1. The molecule has 0 atom stereocenters. The monoisotopic (exact) mass is 261 g/mol. The SMILES string of the molecule is Cc1cc(C)c(C#N)c(N(CCC(=O)O)C(C)C)n1. The van der Waals surface area contributed by atoms with Crippen molar-refractivity contribution in [3.05, 3.63) is 22.9 Å². The van der Waals surface area contributed by atoms with Crippen molar-refractivity contribution in [2.24, 2.45) is 0 Å². The van der Waals surface area contributed by atoms with Gasteiger partial charge in [0.05, 0.1) is 12.0 Å². The highest BCUT2D eigenvalue weighted by molar-refractivity contribution is 5.68. The van der Waals surface area contributed by atoms with Gasteiger partial charge in [-0.25, -0.2) is 4.98 Å². The second kappa shape index (κ2) is 6.19. The molecule has 0 aromatic carbocycles.